The second kappa shape index (κ2) is 16.1. The van der Waals surface area contributed by atoms with Gasteiger partial charge in [0, 0.05) is 37.7 Å². The molecule has 4 rings (SSSR count). The van der Waals surface area contributed by atoms with Crippen LogP contribution >= 0.6 is 0 Å². The third-order valence-electron chi connectivity index (χ3n) is 6.70. The van der Waals surface area contributed by atoms with Crippen molar-refractivity contribution in [1.82, 2.24) is 25.9 Å². The number of nitrogens with zero attached hydrogens (tertiary/aromatic N) is 1. The average Bonchev–Trinajstić information content (AvgIpc) is 3.55. The van der Waals surface area contributed by atoms with Gasteiger partial charge in [-0.1, -0.05) is 54.6 Å². The number of phenolic OH excluding ortho intramolecular Hbond substituents is 1. The van der Waals surface area contributed by atoms with E-state index < -0.39 is 35.9 Å². The third kappa shape index (κ3) is 10.4. The number of phenols is 1. The maximum Gasteiger partial charge on any atom is 0.408 e. The molecule has 2 atom stereocenters. The second-order valence-electron chi connectivity index (χ2n) is 10.1. The molecule has 13 nitrogen and oxygen atoms in total. The average molecular weight is 614 g/mol. The van der Waals surface area contributed by atoms with E-state index in [4.69, 9.17) is 10.5 Å². The number of aromatic hydroxyl groups is 1. The number of aromatic nitrogens is 2. The molecule has 0 radical (unpaired) electrons. The molecule has 45 heavy (non-hydrogen) atoms. The van der Waals surface area contributed by atoms with Gasteiger partial charge in [-0.2, -0.15) is 0 Å². The lowest BCUT2D eigenvalue weighted by Gasteiger charge is -2.20. The number of anilines is 2. The van der Waals surface area contributed by atoms with Gasteiger partial charge in [0.15, 0.2) is 0 Å². The summed E-state index contributed by atoms with van der Waals surface area (Å²) in [7, 11) is 0. The van der Waals surface area contributed by atoms with Gasteiger partial charge in [-0.05, 0) is 35.4 Å². The molecule has 0 aliphatic rings. The van der Waals surface area contributed by atoms with Gasteiger partial charge in [-0.15, -0.1) is 0 Å². The molecule has 0 fully saturated rings. The Hall–Kier alpha value is -5.85. The molecule has 0 unspecified atom stereocenters. The van der Waals surface area contributed by atoms with E-state index in [2.05, 4.69) is 31.2 Å². The summed E-state index contributed by atoms with van der Waals surface area (Å²) in [5.41, 5.74) is 8.83. The number of nitrogens with two attached hydrogens (primary N) is 1. The van der Waals surface area contributed by atoms with E-state index in [-0.39, 0.29) is 38.2 Å². The number of imidazole rings is 1. The van der Waals surface area contributed by atoms with Crippen LogP contribution in [0.1, 0.15) is 23.2 Å². The molecular formula is C32H35N7O6. The van der Waals surface area contributed by atoms with Crippen LogP contribution in [0.25, 0.3) is 0 Å². The van der Waals surface area contributed by atoms with Crippen molar-refractivity contribution >= 4 is 35.2 Å². The molecule has 8 N–H and O–H groups in total. The molecule has 1 aromatic heterocycles. The van der Waals surface area contributed by atoms with Crippen molar-refractivity contribution in [2.45, 2.75) is 38.0 Å². The maximum atomic E-state index is 13.2. The van der Waals surface area contributed by atoms with Gasteiger partial charge in [0.1, 0.15) is 24.4 Å². The van der Waals surface area contributed by atoms with Crippen molar-refractivity contribution in [1.29, 1.82) is 0 Å². The van der Waals surface area contributed by atoms with Crippen LogP contribution in [0.4, 0.5) is 16.2 Å². The summed E-state index contributed by atoms with van der Waals surface area (Å²) in [6.07, 6.45) is 2.31. The monoisotopic (exact) mass is 613 g/mol. The molecule has 4 aromatic rings. The van der Waals surface area contributed by atoms with Crippen molar-refractivity contribution in [2.24, 2.45) is 0 Å². The summed E-state index contributed by atoms with van der Waals surface area (Å²) in [6, 6.07) is 20.1. The Morgan fingerprint density at radius 1 is 0.844 bits per heavy atom. The Morgan fingerprint density at radius 3 is 2.27 bits per heavy atom. The predicted octanol–water partition coefficient (Wildman–Crippen LogP) is 2.41. The summed E-state index contributed by atoms with van der Waals surface area (Å²) in [5.74, 6) is -1.44. The van der Waals surface area contributed by atoms with E-state index in [0.29, 0.717) is 22.6 Å². The number of aromatic amines is 1. The molecule has 13 heteroatoms. The molecule has 3 aromatic carbocycles. The maximum absolute atomic E-state index is 13.2. The zero-order chi connectivity index (χ0) is 32.0. The van der Waals surface area contributed by atoms with Crippen molar-refractivity contribution < 1.29 is 29.0 Å². The highest BCUT2D eigenvalue weighted by atomic mass is 16.5. The van der Waals surface area contributed by atoms with Gasteiger partial charge < -0.3 is 41.8 Å². The minimum absolute atomic E-state index is 0.0288. The molecular weight excluding hydrogens is 578 g/mol. The molecule has 0 saturated carbocycles. The fraction of sp³-hybridized carbons (Fsp3) is 0.219. The number of benzene rings is 3. The minimum Gasteiger partial charge on any atom is -0.508 e. The number of nitrogen functional groups attached to an aromatic ring is 1. The summed E-state index contributed by atoms with van der Waals surface area (Å²) < 4.78 is 5.26. The highest BCUT2D eigenvalue weighted by Gasteiger charge is 2.24. The SMILES string of the molecule is Nc1ccccc1NC(=O)[C@H](Cc1ccc(O)cc1)NC(=O)CCNC(=O)[C@H](Cc1cnc[nH]1)NC(=O)OCc1ccccc1. The van der Waals surface area contributed by atoms with E-state index >= 15 is 0 Å². The quantitative estimate of drug-likeness (QED) is 0.105. The first-order valence-corrected chi connectivity index (χ1v) is 14.2. The lowest BCUT2D eigenvalue weighted by molar-refractivity contribution is -0.127. The van der Waals surface area contributed by atoms with Crippen LogP contribution < -0.4 is 27.0 Å². The van der Waals surface area contributed by atoms with Gasteiger partial charge in [0.05, 0.1) is 17.7 Å². The number of para-hydroxylation sites is 2. The standard InChI is InChI=1S/C32H35N7O6/c33-25-8-4-5-9-26(25)38-31(43)27(16-21-10-12-24(40)13-11-21)37-29(41)14-15-35-30(42)28(17-23-18-34-20-36-23)39-32(44)45-19-22-6-2-1-3-7-22/h1-13,18,20,27-28,40H,14-17,19,33H2,(H,34,36)(H,35,42)(H,37,41)(H,38,43)(H,39,44)/t27-,28-/m0/s1. The molecule has 0 bridgehead atoms. The van der Waals surface area contributed by atoms with Crippen LogP contribution in [0.5, 0.6) is 5.75 Å². The second-order valence-corrected chi connectivity index (χ2v) is 10.1. The fourth-order valence-electron chi connectivity index (χ4n) is 4.33. The summed E-state index contributed by atoms with van der Waals surface area (Å²) in [5, 5.41) is 20.3. The Labute approximate surface area is 259 Å². The molecule has 0 aliphatic heterocycles. The zero-order valence-electron chi connectivity index (χ0n) is 24.4. The normalized spacial score (nSPS) is 11.9. The zero-order valence-corrected chi connectivity index (χ0v) is 24.4. The molecule has 4 amide bonds. The van der Waals surface area contributed by atoms with E-state index in [1.807, 2.05) is 30.3 Å². The molecule has 234 valence electrons. The fourth-order valence-corrected chi connectivity index (χ4v) is 4.33. The highest BCUT2D eigenvalue weighted by Crippen LogP contribution is 2.18. The van der Waals surface area contributed by atoms with Crippen LogP contribution in [0.3, 0.4) is 0 Å². The Morgan fingerprint density at radius 2 is 1.56 bits per heavy atom. The number of carbonyl (C=O) groups is 4. The Bertz CT molecular complexity index is 1560. The Kier molecular flexibility index (Phi) is 11.5. The van der Waals surface area contributed by atoms with Crippen molar-refractivity contribution in [3.05, 3.63) is 108 Å². The van der Waals surface area contributed by atoms with Crippen molar-refractivity contribution in [3.8, 4) is 5.75 Å². The lowest BCUT2D eigenvalue weighted by Crippen LogP contribution is -2.49. The molecule has 0 saturated heterocycles. The van der Waals surface area contributed by atoms with Crippen LogP contribution in [-0.2, 0) is 38.6 Å². The Balaban J connectivity index is 1.33. The number of hydrogen-bond donors (Lipinski definition) is 7. The minimum atomic E-state index is -1.01. The largest absolute Gasteiger partial charge is 0.508 e. The van der Waals surface area contributed by atoms with E-state index in [1.54, 1.807) is 36.4 Å². The third-order valence-corrected chi connectivity index (χ3v) is 6.70. The van der Waals surface area contributed by atoms with E-state index in [1.165, 1.54) is 24.7 Å². The number of ether oxygens (including phenoxy) is 1. The number of amides is 4. The van der Waals surface area contributed by atoms with E-state index in [9.17, 15) is 24.3 Å². The predicted molar refractivity (Wildman–Crippen MR) is 167 cm³/mol. The first kappa shape index (κ1) is 32.1. The number of hydrogen-bond acceptors (Lipinski definition) is 8. The topological polar surface area (TPSA) is 201 Å². The number of H-pyrrole nitrogens is 1. The van der Waals surface area contributed by atoms with Gasteiger partial charge in [-0.25, -0.2) is 9.78 Å². The van der Waals surface area contributed by atoms with Crippen molar-refractivity contribution in [3.63, 3.8) is 0 Å². The number of nitrogens with one attached hydrogen (secondary N) is 5. The van der Waals surface area contributed by atoms with Crippen LogP contribution in [-0.4, -0.2) is 57.5 Å². The van der Waals surface area contributed by atoms with Gasteiger partial charge in [0.25, 0.3) is 0 Å². The first-order chi connectivity index (χ1) is 21.8. The number of alkyl carbamates (subject to hydrolysis) is 1. The summed E-state index contributed by atoms with van der Waals surface area (Å²) >= 11 is 0. The number of rotatable bonds is 14. The molecule has 0 aliphatic carbocycles. The smallest absolute Gasteiger partial charge is 0.408 e. The molecule has 0 spiro atoms. The van der Waals surface area contributed by atoms with Crippen LogP contribution in [0.2, 0.25) is 0 Å². The van der Waals surface area contributed by atoms with Crippen molar-refractivity contribution in [2.75, 3.05) is 17.6 Å². The summed E-state index contributed by atoms with van der Waals surface area (Å²) in [6.45, 7) is -0.0366. The van der Waals surface area contributed by atoms with Crippen LogP contribution in [0, 0.1) is 0 Å². The van der Waals surface area contributed by atoms with Crippen LogP contribution in [0.15, 0.2) is 91.4 Å². The number of carbonyl (C=O) groups excluding carboxylic acids is 4. The highest BCUT2D eigenvalue weighted by molar-refractivity contribution is 5.99. The van der Waals surface area contributed by atoms with Gasteiger partial charge in [0.2, 0.25) is 17.7 Å². The van der Waals surface area contributed by atoms with E-state index in [0.717, 1.165) is 5.56 Å². The molecule has 1 heterocycles. The van der Waals surface area contributed by atoms with Gasteiger partial charge >= 0.3 is 6.09 Å². The lowest BCUT2D eigenvalue weighted by atomic mass is 10.0. The van der Waals surface area contributed by atoms with Gasteiger partial charge in [-0.3, -0.25) is 14.4 Å². The first-order valence-electron chi connectivity index (χ1n) is 14.2. The summed E-state index contributed by atoms with van der Waals surface area (Å²) in [4.78, 5) is 58.5.